The van der Waals surface area contributed by atoms with Crippen LogP contribution in [-0.2, 0) is 16.4 Å². The molecule has 0 spiro atoms. The van der Waals surface area contributed by atoms with Crippen molar-refractivity contribution in [1.82, 2.24) is 14.5 Å². The molecule has 186 valence electrons. The fourth-order valence-corrected chi connectivity index (χ4v) is 5.31. The highest BCUT2D eigenvalue weighted by Gasteiger charge is 2.32. The number of carbonyl (C=O) groups is 1. The maximum Gasteiger partial charge on any atom is 0.317 e. The van der Waals surface area contributed by atoms with E-state index in [0.29, 0.717) is 30.2 Å². The van der Waals surface area contributed by atoms with Crippen LogP contribution < -0.4 is 24.3 Å². The van der Waals surface area contributed by atoms with Crippen molar-refractivity contribution in [1.29, 1.82) is 0 Å². The predicted octanol–water partition coefficient (Wildman–Crippen LogP) is 1.98. The number of hydrogen-bond acceptors (Lipinski definition) is 7. The van der Waals surface area contributed by atoms with Crippen molar-refractivity contribution in [2.24, 2.45) is 0 Å². The van der Waals surface area contributed by atoms with Gasteiger partial charge < -0.3 is 29.2 Å². The van der Waals surface area contributed by atoms with Gasteiger partial charge in [-0.05, 0) is 36.2 Å². The van der Waals surface area contributed by atoms with Gasteiger partial charge in [0.05, 0.1) is 28.4 Å². The Morgan fingerprint density at radius 2 is 1.50 bits per heavy atom. The maximum absolute atomic E-state index is 13.2. The van der Waals surface area contributed by atoms with Crippen LogP contribution in [0.1, 0.15) is 5.56 Å². The summed E-state index contributed by atoms with van der Waals surface area (Å²) < 4.78 is 48.7. The number of carbonyl (C=O) groups excluding carboxylic acids is 1. The van der Waals surface area contributed by atoms with E-state index in [1.165, 1.54) is 24.6 Å². The summed E-state index contributed by atoms with van der Waals surface area (Å²) in [6, 6.07) is 10.0. The van der Waals surface area contributed by atoms with Crippen LogP contribution in [-0.4, -0.2) is 84.8 Å². The molecular weight excluding hydrogens is 462 g/mol. The van der Waals surface area contributed by atoms with Crippen LogP contribution >= 0.6 is 0 Å². The van der Waals surface area contributed by atoms with Crippen molar-refractivity contribution >= 4 is 16.1 Å². The second-order valence-electron chi connectivity index (χ2n) is 7.58. The quantitative estimate of drug-likeness (QED) is 0.569. The van der Waals surface area contributed by atoms with Crippen LogP contribution in [0.15, 0.2) is 41.3 Å². The van der Waals surface area contributed by atoms with Gasteiger partial charge in [0.15, 0.2) is 11.5 Å². The summed E-state index contributed by atoms with van der Waals surface area (Å²) >= 11 is 0. The van der Waals surface area contributed by atoms with Gasteiger partial charge >= 0.3 is 6.03 Å². The van der Waals surface area contributed by atoms with Gasteiger partial charge in [-0.3, -0.25) is 0 Å². The summed E-state index contributed by atoms with van der Waals surface area (Å²) in [6.07, 6.45) is 0.621. The third kappa shape index (κ3) is 5.65. The molecule has 0 atom stereocenters. The van der Waals surface area contributed by atoms with Gasteiger partial charge in [-0.25, -0.2) is 13.2 Å². The predicted molar refractivity (Wildman–Crippen MR) is 127 cm³/mol. The molecule has 0 bridgehead atoms. The van der Waals surface area contributed by atoms with Gasteiger partial charge in [-0.1, -0.05) is 6.07 Å². The zero-order chi connectivity index (χ0) is 24.7. The number of urea groups is 1. The van der Waals surface area contributed by atoms with Gasteiger partial charge in [-0.15, -0.1) is 0 Å². The van der Waals surface area contributed by atoms with Crippen molar-refractivity contribution in [2.75, 3.05) is 61.2 Å². The molecular formula is C23H31N3O7S. The number of nitrogens with zero attached hydrogens (tertiary/aromatic N) is 2. The first kappa shape index (κ1) is 25.4. The average molecular weight is 494 g/mol. The summed E-state index contributed by atoms with van der Waals surface area (Å²) in [5.41, 5.74) is 1.00. The Morgan fingerprint density at radius 1 is 0.853 bits per heavy atom. The Bertz CT molecular complexity index is 1100. The second kappa shape index (κ2) is 11.3. The maximum atomic E-state index is 13.2. The summed E-state index contributed by atoms with van der Waals surface area (Å²) in [5, 5.41) is 2.90. The molecule has 1 heterocycles. The second-order valence-corrected chi connectivity index (χ2v) is 9.49. The molecule has 1 aliphatic rings. The molecule has 0 unspecified atom stereocenters. The number of rotatable bonds is 9. The molecule has 1 fully saturated rings. The summed E-state index contributed by atoms with van der Waals surface area (Å²) in [4.78, 5) is 14.2. The van der Waals surface area contributed by atoms with Crippen LogP contribution in [0.5, 0.6) is 23.0 Å². The molecule has 0 radical (unpaired) electrons. The van der Waals surface area contributed by atoms with Crippen molar-refractivity contribution in [3.8, 4) is 23.0 Å². The zero-order valence-corrected chi connectivity index (χ0v) is 20.7. The van der Waals surface area contributed by atoms with Crippen LogP contribution in [0, 0.1) is 0 Å². The Morgan fingerprint density at radius 3 is 2.12 bits per heavy atom. The number of ether oxygens (including phenoxy) is 4. The van der Waals surface area contributed by atoms with E-state index < -0.39 is 10.0 Å². The lowest BCUT2D eigenvalue weighted by Crippen LogP contribution is -2.53. The number of hydrogen-bond donors (Lipinski definition) is 1. The highest BCUT2D eigenvalue weighted by atomic mass is 32.2. The molecule has 1 aliphatic heterocycles. The van der Waals surface area contributed by atoms with E-state index in [9.17, 15) is 13.2 Å². The van der Waals surface area contributed by atoms with Crippen LogP contribution in [0.25, 0.3) is 0 Å². The number of piperazine rings is 1. The largest absolute Gasteiger partial charge is 0.497 e. The van der Waals surface area contributed by atoms with Crippen molar-refractivity contribution in [3.05, 3.63) is 42.0 Å². The van der Waals surface area contributed by atoms with E-state index in [1.54, 1.807) is 31.3 Å². The van der Waals surface area contributed by atoms with Crippen LogP contribution in [0.3, 0.4) is 0 Å². The number of methoxy groups -OCH3 is 4. The minimum Gasteiger partial charge on any atom is -0.497 e. The molecule has 1 saturated heterocycles. The van der Waals surface area contributed by atoms with E-state index in [2.05, 4.69) is 5.32 Å². The molecule has 10 nitrogen and oxygen atoms in total. The fourth-order valence-electron chi connectivity index (χ4n) is 3.72. The first-order valence-electron chi connectivity index (χ1n) is 10.8. The molecule has 0 aliphatic carbocycles. The van der Waals surface area contributed by atoms with E-state index in [0.717, 1.165) is 5.56 Å². The highest BCUT2D eigenvalue weighted by Crippen LogP contribution is 2.31. The summed E-state index contributed by atoms with van der Waals surface area (Å²) in [7, 11) is 2.25. The number of sulfonamides is 1. The highest BCUT2D eigenvalue weighted by molar-refractivity contribution is 7.89. The van der Waals surface area contributed by atoms with E-state index in [4.69, 9.17) is 18.9 Å². The lowest BCUT2D eigenvalue weighted by molar-refractivity contribution is 0.172. The van der Waals surface area contributed by atoms with Crippen LogP contribution in [0.2, 0.25) is 0 Å². The van der Waals surface area contributed by atoms with Crippen molar-refractivity contribution < 1.29 is 32.2 Å². The topological polar surface area (TPSA) is 107 Å². The molecule has 2 aromatic rings. The summed E-state index contributed by atoms with van der Waals surface area (Å²) in [6.45, 7) is 1.38. The monoisotopic (exact) mass is 493 g/mol. The fraction of sp³-hybridized carbons (Fsp3) is 0.435. The van der Waals surface area contributed by atoms with E-state index in [1.807, 2.05) is 18.2 Å². The molecule has 2 aromatic carbocycles. The third-order valence-electron chi connectivity index (χ3n) is 5.65. The van der Waals surface area contributed by atoms with Gasteiger partial charge in [0, 0.05) is 38.8 Å². The molecule has 1 N–H and O–H groups in total. The van der Waals surface area contributed by atoms with Crippen molar-refractivity contribution in [3.63, 3.8) is 0 Å². The Labute approximate surface area is 200 Å². The average Bonchev–Trinajstić information content (AvgIpc) is 2.88. The zero-order valence-electron chi connectivity index (χ0n) is 19.9. The summed E-state index contributed by atoms with van der Waals surface area (Å²) in [5.74, 6) is 1.95. The lowest BCUT2D eigenvalue weighted by atomic mass is 10.1. The van der Waals surface area contributed by atoms with Gasteiger partial charge in [0.25, 0.3) is 0 Å². The van der Waals surface area contributed by atoms with Gasteiger partial charge in [0.1, 0.15) is 16.4 Å². The molecule has 0 saturated carbocycles. The van der Waals surface area contributed by atoms with Crippen molar-refractivity contribution in [2.45, 2.75) is 11.3 Å². The number of nitrogens with one attached hydrogen (secondary N) is 1. The Balaban J connectivity index is 1.55. The third-order valence-corrected chi connectivity index (χ3v) is 7.57. The van der Waals surface area contributed by atoms with Gasteiger partial charge in [-0.2, -0.15) is 4.31 Å². The normalized spacial score (nSPS) is 14.4. The van der Waals surface area contributed by atoms with Gasteiger partial charge in [0.2, 0.25) is 10.0 Å². The number of benzene rings is 2. The Kier molecular flexibility index (Phi) is 8.46. The minimum absolute atomic E-state index is 0.0437. The molecule has 2 amide bonds. The molecule has 34 heavy (non-hydrogen) atoms. The van der Waals surface area contributed by atoms with E-state index >= 15 is 0 Å². The SMILES string of the molecule is COc1ccc(OC)c(S(=O)(=O)N2CCN(C(=O)NCCc3ccc(OC)c(OC)c3)CC2)c1. The number of amides is 2. The molecule has 0 aromatic heterocycles. The van der Waals surface area contributed by atoms with Crippen LogP contribution in [0.4, 0.5) is 4.79 Å². The molecule has 11 heteroatoms. The lowest BCUT2D eigenvalue weighted by Gasteiger charge is -2.34. The standard InChI is InChI=1S/C23H31N3O7S/c1-30-18-6-8-20(32-3)22(16-18)34(28,29)26-13-11-25(12-14-26)23(27)24-10-9-17-5-7-19(31-2)21(15-17)33-4/h5-8,15-16H,9-14H2,1-4H3,(H,24,27). The smallest absolute Gasteiger partial charge is 0.317 e. The van der Waals surface area contributed by atoms with E-state index in [-0.39, 0.29) is 42.9 Å². The first-order chi connectivity index (χ1) is 16.3. The minimum atomic E-state index is -3.80. The first-order valence-corrected chi connectivity index (χ1v) is 12.2. The Hall–Kier alpha value is -3.18. The molecule has 3 rings (SSSR count).